The fourth-order valence-electron chi connectivity index (χ4n) is 4.27. The number of aromatic nitrogens is 4. The average molecular weight is 459 g/mol. The van der Waals surface area contributed by atoms with Crippen LogP contribution < -0.4 is 25.0 Å². The van der Waals surface area contributed by atoms with Crippen LogP contribution in [0.15, 0.2) is 53.6 Å². The molecule has 5 rings (SSSR count). The summed E-state index contributed by atoms with van der Waals surface area (Å²) in [5.41, 5.74) is 2.94. The van der Waals surface area contributed by atoms with E-state index in [1.807, 2.05) is 18.3 Å². The fourth-order valence-corrected chi connectivity index (χ4v) is 5.01. The summed E-state index contributed by atoms with van der Waals surface area (Å²) < 4.78 is 1.25. The van der Waals surface area contributed by atoms with Crippen molar-refractivity contribution >= 4 is 40.8 Å². The number of para-hydroxylation sites is 1. The second-order valence-corrected chi connectivity index (χ2v) is 9.45. The van der Waals surface area contributed by atoms with E-state index in [1.165, 1.54) is 22.3 Å². The summed E-state index contributed by atoms with van der Waals surface area (Å²) in [6, 6.07) is 12.2. The standard InChI is InChI=1S/C25H26N6OS/c1-17-29-24(32)23(33-17)14-20-7-11-28-25(30-20)31-12-8-18(9-13-31)15-26-16-19-6-10-27-22-5-3-2-4-21(19)22/h2-7,10-11,14,18,26H,1,8-9,12-13,15-16H2,(H,29,32)/b23-14-. The Labute approximate surface area is 195 Å². The zero-order valence-electron chi connectivity index (χ0n) is 18.3. The van der Waals surface area contributed by atoms with Gasteiger partial charge in [-0.25, -0.2) is 9.97 Å². The largest absolute Gasteiger partial charge is 0.341 e. The summed E-state index contributed by atoms with van der Waals surface area (Å²) in [5.74, 6) is 1.35. The van der Waals surface area contributed by atoms with Crippen LogP contribution in [0.25, 0.3) is 23.6 Å². The molecule has 168 valence electrons. The van der Waals surface area contributed by atoms with Gasteiger partial charge in [-0.05, 0) is 55.1 Å². The van der Waals surface area contributed by atoms with Crippen molar-refractivity contribution in [3.63, 3.8) is 0 Å². The van der Waals surface area contributed by atoms with Gasteiger partial charge in [0.1, 0.15) is 0 Å². The average Bonchev–Trinajstić information content (AvgIpc) is 3.16. The van der Waals surface area contributed by atoms with Crippen molar-refractivity contribution in [2.24, 2.45) is 5.92 Å². The van der Waals surface area contributed by atoms with E-state index in [4.69, 9.17) is 0 Å². The van der Waals surface area contributed by atoms with Crippen molar-refractivity contribution < 1.29 is 0 Å². The monoisotopic (exact) mass is 458 g/mol. The Hall–Kier alpha value is -3.36. The lowest BCUT2D eigenvalue weighted by Gasteiger charge is -2.32. The van der Waals surface area contributed by atoms with Crippen LogP contribution in [-0.2, 0) is 6.54 Å². The van der Waals surface area contributed by atoms with E-state index in [0.29, 0.717) is 15.1 Å². The molecule has 2 N–H and O–H groups in total. The van der Waals surface area contributed by atoms with Gasteiger partial charge in [-0.3, -0.25) is 9.78 Å². The molecule has 1 aliphatic rings. The number of hydrogen-bond acceptors (Lipinski definition) is 7. The van der Waals surface area contributed by atoms with E-state index in [2.05, 4.69) is 61.0 Å². The predicted octanol–water partition coefficient (Wildman–Crippen LogP) is 2.02. The minimum absolute atomic E-state index is 0.127. The maximum absolute atomic E-state index is 11.9. The summed E-state index contributed by atoms with van der Waals surface area (Å²) >= 11 is 1.34. The number of benzene rings is 1. The van der Waals surface area contributed by atoms with Crippen molar-refractivity contribution in [1.29, 1.82) is 0 Å². The molecular formula is C25H26N6OS. The second-order valence-electron chi connectivity index (χ2n) is 8.32. The maximum atomic E-state index is 11.9. The van der Waals surface area contributed by atoms with Gasteiger partial charge < -0.3 is 15.2 Å². The predicted molar refractivity (Wildman–Crippen MR) is 134 cm³/mol. The molecule has 0 atom stereocenters. The summed E-state index contributed by atoms with van der Waals surface area (Å²) in [6.45, 7) is 7.48. The lowest BCUT2D eigenvalue weighted by Crippen LogP contribution is -2.38. The number of hydrogen-bond donors (Lipinski definition) is 2. The van der Waals surface area contributed by atoms with E-state index in [-0.39, 0.29) is 5.56 Å². The number of fused-ring (bicyclic) bond motifs is 1. The SMILES string of the molecule is C=c1[nH]c(=O)/c(=C/c2ccnc(N3CCC(CNCc4ccnc5ccccc45)CC3)n2)s1. The zero-order valence-corrected chi connectivity index (χ0v) is 19.1. The van der Waals surface area contributed by atoms with Gasteiger partial charge in [-0.1, -0.05) is 24.8 Å². The number of pyridine rings is 1. The first kappa shape index (κ1) is 21.5. The summed E-state index contributed by atoms with van der Waals surface area (Å²) in [7, 11) is 0. The third-order valence-corrected chi connectivity index (χ3v) is 6.91. The molecule has 0 radical (unpaired) electrons. The third-order valence-electron chi connectivity index (χ3n) is 6.04. The van der Waals surface area contributed by atoms with Crippen LogP contribution in [0, 0.1) is 5.92 Å². The van der Waals surface area contributed by atoms with Crippen LogP contribution >= 0.6 is 11.3 Å². The number of anilines is 1. The van der Waals surface area contributed by atoms with E-state index >= 15 is 0 Å². The molecule has 3 aromatic heterocycles. The highest BCUT2D eigenvalue weighted by atomic mass is 32.1. The van der Waals surface area contributed by atoms with Gasteiger partial charge in [0.2, 0.25) is 5.95 Å². The van der Waals surface area contributed by atoms with Crippen molar-refractivity contribution in [3.05, 3.63) is 79.6 Å². The molecule has 0 unspecified atom stereocenters. The van der Waals surface area contributed by atoms with Crippen molar-refractivity contribution in [2.45, 2.75) is 19.4 Å². The lowest BCUT2D eigenvalue weighted by molar-refractivity contribution is 0.380. The van der Waals surface area contributed by atoms with E-state index in [0.717, 1.165) is 56.2 Å². The van der Waals surface area contributed by atoms with Crippen LogP contribution in [0.5, 0.6) is 0 Å². The molecule has 1 fully saturated rings. The van der Waals surface area contributed by atoms with Gasteiger partial charge in [0.15, 0.2) is 0 Å². The molecule has 8 heteroatoms. The lowest BCUT2D eigenvalue weighted by atomic mass is 9.97. The molecule has 0 bridgehead atoms. The quantitative estimate of drug-likeness (QED) is 0.460. The number of aromatic amines is 1. The number of thiazole rings is 1. The maximum Gasteiger partial charge on any atom is 0.266 e. The number of H-pyrrole nitrogens is 1. The van der Waals surface area contributed by atoms with Gasteiger partial charge in [-0.2, -0.15) is 0 Å². The Morgan fingerprint density at radius 3 is 2.79 bits per heavy atom. The van der Waals surface area contributed by atoms with Gasteiger partial charge in [0.05, 0.1) is 20.4 Å². The van der Waals surface area contributed by atoms with Crippen LogP contribution in [0.3, 0.4) is 0 Å². The topological polar surface area (TPSA) is 86.8 Å². The van der Waals surface area contributed by atoms with Crippen LogP contribution in [0.2, 0.25) is 0 Å². The first-order valence-corrected chi connectivity index (χ1v) is 12.0. The zero-order chi connectivity index (χ0) is 22.6. The van der Waals surface area contributed by atoms with Crippen LogP contribution in [-0.4, -0.2) is 39.6 Å². The first-order chi connectivity index (χ1) is 16.2. The third kappa shape index (κ3) is 5.02. The highest BCUT2D eigenvalue weighted by Gasteiger charge is 2.21. The van der Waals surface area contributed by atoms with E-state index in [9.17, 15) is 4.79 Å². The van der Waals surface area contributed by atoms with Crippen LogP contribution in [0.4, 0.5) is 5.95 Å². The number of nitrogens with zero attached hydrogens (tertiary/aromatic N) is 4. The number of rotatable bonds is 6. The normalized spacial score (nSPS) is 15.4. The summed E-state index contributed by atoms with van der Waals surface area (Å²) in [4.78, 5) is 30.4. The molecule has 1 saturated heterocycles. The van der Waals surface area contributed by atoms with Gasteiger partial charge >= 0.3 is 0 Å². The molecule has 0 saturated carbocycles. The molecule has 4 aromatic rings. The molecular weight excluding hydrogens is 432 g/mol. The van der Waals surface area contributed by atoms with Crippen molar-refractivity contribution in [2.75, 3.05) is 24.5 Å². The molecule has 33 heavy (non-hydrogen) atoms. The number of nitrogens with one attached hydrogen (secondary N) is 2. The van der Waals surface area contributed by atoms with Crippen molar-refractivity contribution in [1.82, 2.24) is 25.3 Å². The molecule has 1 aliphatic heterocycles. The first-order valence-electron chi connectivity index (χ1n) is 11.2. The minimum Gasteiger partial charge on any atom is -0.341 e. The highest BCUT2D eigenvalue weighted by Crippen LogP contribution is 2.21. The van der Waals surface area contributed by atoms with Gasteiger partial charge in [0, 0.05) is 37.4 Å². The number of piperidine rings is 1. The Morgan fingerprint density at radius 2 is 1.97 bits per heavy atom. The Morgan fingerprint density at radius 1 is 1.15 bits per heavy atom. The fraction of sp³-hybridized carbons (Fsp3) is 0.280. The van der Waals surface area contributed by atoms with Crippen LogP contribution in [0.1, 0.15) is 24.1 Å². The molecule has 7 nitrogen and oxygen atoms in total. The molecule has 4 heterocycles. The Balaban J connectivity index is 1.17. The molecule has 0 spiro atoms. The minimum atomic E-state index is -0.127. The van der Waals surface area contributed by atoms with Gasteiger partial charge in [-0.15, -0.1) is 11.3 Å². The van der Waals surface area contributed by atoms with Gasteiger partial charge in [0.25, 0.3) is 5.56 Å². The van der Waals surface area contributed by atoms with E-state index < -0.39 is 0 Å². The summed E-state index contributed by atoms with van der Waals surface area (Å²) in [5, 5.41) is 4.86. The molecule has 0 aliphatic carbocycles. The molecule has 1 aromatic carbocycles. The smallest absolute Gasteiger partial charge is 0.266 e. The Kier molecular flexibility index (Phi) is 6.28. The second kappa shape index (κ2) is 9.64. The van der Waals surface area contributed by atoms with E-state index in [1.54, 1.807) is 12.3 Å². The Bertz CT molecular complexity index is 1420. The summed E-state index contributed by atoms with van der Waals surface area (Å²) in [6.07, 6.45) is 7.63. The highest BCUT2D eigenvalue weighted by molar-refractivity contribution is 7.07. The van der Waals surface area contributed by atoms with Crippen molar-refractivity contribution in [3.8, 4) is 0 Å². The molecule has 0 amide bonds.